The van der Waals surface area contributed by atoms with Crippen LogP contribution in [0.25, 0.3) is 0 Å². The minimum absolute atomic E-state index is 0.122. The van der Waals surface area contributed by atoms with Crippen molar-refractivity contribution < 1.29 is 18.3 Å². The number of nitrogens with one attached hydrogen (secondary N) is 1. The van der Waals surface area contributed by atoms with Gasteiger partial charge in [-0.25, -0.2) is 13.6 Å². The van der Waals surface area contributed by atoms with E-state index in [1.54, 1.807) is 11.8 Å². The number of piperidine rings is 1. The van der Waals surface area contributed by atoms with Crippen LogP contribution in [-0.2, 0) is 4.74 Å². The highest BCUT2D eigenvalue weighted by molar-refractivity contribution is 5.87. The summed E-state index contributed by atoms with van der Waals surface area (Å²) in [6.07, 6.45) is 0.859. The van der Waals surface area contributed by atoms with Crippen LogP contribution in [0.15, 0.2) is 23.3 Å². The Hall–Kier alpha value is -2.18. The van der Waals surface area contributed by atoms with Gasteiger partial charge in [0.2, 0.25) is 0 Å². The van der Waals surface area contributed by atoms with E-state index in [1.165, 1.54) is 6.07 Å². The quantitative estimate of drug-likeness (QED) is 0.873. The van der Waals surface area contributed by atoms with Crippen molar-refractivity contribution >= 4 is 17.5 Å². The molecule has 0 aliphatic carbocycles. The van der Waals surface area contributed by atoms with Crippen LogP contribution in [0.4, 0.5) is 19.3 Å². The van der Waals surface area contributed by atoms with Gasteiger partial charge in [-0.1, -0.05) is 0 Å². The Kier molecular flexibility index (Phi) is 5.08. The molecule has 0 saturated carbocycles. The normalized spacial score (nSPS) is 14.8. The van der Waals surface area contributed by atoms with Crippen molar-refractivity contribution in [3.05, 3.63) is 29.8 Å². The lowest BCUT2D eigenvalue weighted by molar-refractivity contribution is 0.107. The van der Waals surface area contributed by atoms with E-state index in [2.05, 4.69) is 10.5 Å². The fourth-order valence-corrected chi connectivity index (χ4v) is 1.99. The van der Waals surface area contributed by atoms with E-state index in [1.807, 2.05) is 0 Å². The molecule has 2 rings (SSSR count). The summed E-state index contributed by atoms with van der Waals surface area (Å²) in [4.78, 5) is 13.1. The Labute approximate surface area is 121 Å². The molecule has 1 aromatic carbocycles. The third-order valence-corrected chi connectivity index (χ3v) is 3.13. The van der Waals surface area contributed by atoms with Crippen LogP contribution in [-0.4, -0.2) is 36.4 Å². The summed E-state index contributed by atoms with van der Waals surface area (Å²) >= 11 is 0. The van der Waals surface area contributed by atoms with Crippen molar-refractivity contribution in [1.82, 2.24) is 4.90 Å². The van der Waals surface area contributed by atoms with Crippen LogP contribution < -0.4 is 5.43 Å². The van der Waals surface area contributed by atoms with Gasteiger partial charge in [-0.3, -0.25) is 5.43 Å². The Bertz CT molecular complexity index is 539. The van der Waals surface area contributed by atoms with Gasteiger partial charge in [-0.05, 0) is 19.1 Å². The SMILES string of the molecule is CCOC(=O)N1CCC(=NNc2ccc(F)cc2F)CC1. The molecule has 0 radical (unpaired) electrons. The lowest BCUT2D eigenvalue weighted by atomic mass is 10.1. The smallest absolute Gasteiger partial charge is 0.409 e. The lowest BCUT2D eigenvalue weighted by Gasteiger charge is -2.26. The summed E-state index contributed by atoms with van der Waals surface area (Å²) in [7, 11) is 0. The number of halogens is 2. The molecule has 0 spiro atoms. The molecule has 1 aromatic rings. The van der Waals surface area contributed by atoms with Gasteiger partial charge in [0.25, 0.3) is 0 Å². The summed E-state index contributed by atoms with van der Waals surface area (Å²) in [5, 5.41) is 4.11. The zero-order valence-electron chi connectivity index (χ0n) is 11.7. The number of carbonyl (C=O) groups excluding carboxylic acids is 1. The first-order chi connectivity index (χ1) is 10.1. The van der Waals surface area contributed by atoms with Crippen molar-refractivity contribution in [3.63, 3.8) is 0 Å². The lowest BCUT2D eigenvalue weighted by Crippen LogP contribution is -2.39. The largest absolute Gasteiger partial charge is 0.450 e. The van der Waals surface area contributed by atoms with Gasteiger partial charge in [0.15, 0.2) is 5.82 Å². The minimum Gasteiger partial charge on any atom is -0.450 e. The Morgan fingerprint density at radius 3 is 2.71 bits per heavy atom. The molecule has 0 unspecified atom stereocenters. The molecule has 5 nitrogen and oxygen atoms in total. The van der Waals surface area contributed by atoms with E-state index in [0.717, 1.165) is 17.8 Å². The van der Waals surface area contributed by atoms with Gasteiger partial charge >= 0.3 is 6.09 Å². The number of nitrogens with zero attached hydrogens (tertiary/aromatic N) is 2. The fourth-order valence-electron chi connectivity index (χ4n) is 1.99. The predicted octanol–water partition coefficient (Wildman–Crippen LogP) is 2.99. The van der Waals surface area contributed by atoms with Gasteiger partial charge < -0.3 is 9.64 Å². The van der Waals surface area contributed by atoms with Gasteiger partial charge in [-0.2, -0.15) is 5.10 Å². The Balaban J connectivity index is 1.88. The number of hydrogen-bond donors (Lipinski definition) is 1. The molecular weight excluding hydrogens is 280 g/mol. The van der Waals surface area contributed by atoms with Crippen molar-refractivity contribution in [1.29, 1.82) is 0 Å². The predicted molar refractivity (Wildman–Crippen MR) is 75.2 cm³/mol. The highest BCUT2D eigenvalue weighted by atomic mass is 19.1. The van der Waals surface area contributed by atoms with Gasteiger partial charge in [0.1, 0.15) is 5.82 Å². The molecule has 0 aromatic heterocycles. The molecule has 0 bridgehead atoms. The number of carbonyl (C=O) groups is 1. The third-order valence-electron chi connectivity index (χ3n) is 3.13. The van der Waals surface area contributed by atoms with Crippen LogP contribution in [0, 0.1) is 11.6 Å². The summed E-state index contributed by atoms with van der Waals surface area (Å²) in [6.45, 7) is 3.15. The van der Waals surface area contributed by atoms with E-state index in [-0.39, 0.29) is 11.8 Å². The maximum Gasteiger partial charge on any atom is 0.409 e. The number of rotatable bonds is 3. The number of hydrogen-bond acceptors (Lipinski definition) is 4. The van der Waals surface area contributed by atoms with Gasteiger partial charge in [0.05, 0.1) is 12.3 Å². The van der Waals surface area contributed by atoms with Gasteiger partial charge in [0, 0.05) is 37.7 Å². The van der Waals surface area contributed by atoms with Crippen molar-refractivity contribution in [2.45, 2.75) is 19.8 Å². The molecule has 7 heteroatoms. The molecule has 1 N–H and O–H groups in total. The first-order valence-electron chi connectivity index (χ1n) is 6.78. The van der Waals surface area contributed by atoms with Crippen LogP contribution in [0.5, 0.6) is 0 Å². The molecule has 1 fully saturated rings. The van der Waals surface area contributed by atoms with E-state index < -0.39 is 11.6 Å². The molecule has 1 amide bonds. The monoisotopic (exact) mass is 297 g/mol. The first-order valence-corrected chi connectivity index (χ1v) is 6.78. The standard InChI is InChI=1S/C14H17F2N3O2/c1-2-21-14(20)19-7-5-11(6-8-19)17-18-13-4-3-10(15)9-12(13)16/h3-4,9,18H,2,5-8H2,1H3. The highest BCUT2D eigenvalue weighted by Crippen LogP contribution is 2.16. The number of ether oxygens (including phenoxy) is 1. The summed E-state index contributed by atoms with van der Waals surface area (Å²) < 4.78 is 31.1. The van der Waals surface area contributed by atoms with Crippen molar-refractivity contribution in [2.75, 3.05) is 25.1 Å². The number of hydrazone groups is 1. The average molecular weight is 297 g/mol. The molecule has 1 heterocycles. The minimum atomic E-state index is -0.691. The summed E-state index contributed by atoms with van der Waals surface area (Å²) in [5.74, 6) is -1.32. The second-order valence-electron chi connectivity index (χ2n) is 4.60. The molecule has 21 heavy (non-hydrogen) atoms. The van der Waals surface area contributed by atoms with Crippen LogP contribution >= 0.6 is 0 Å². The summed E-state index contributed by atoms with van der Waals surface area (Å²) in [5.41, 5.74) is 3.55. The van der Waals surface area contributed by atoms with Crippen LogP contribution in [0.1, 0.15) is 19.8 Å². The second kappa shape index (κ2) is 7.01. The van der Waals surface area contributed by atoms with E-state index in [4.69, 9.17) is 4.74 Å². The molecule has 1 aliphatic heterocycles. The van der Waals surface area contributed by atoms with Crippen molar-refractivity contribution in [2.24, 2.45) is 5.10 Å². The number of amides is 1. The summed E-state index contributed by atoms with van der Waals surface area (Å²) in [6, 6.07) is 3.25. The molecule has 114 valence electrons. The molecule has 1 aliphatic rings. The maximum absolute atomic E-state index is 13.4. The number of benzene rings is 1. The highest BCUT2D eigenvalue weighted by Gasteiger charge is 2.20. The van der Waals surface area contributed by atoms with E-state index in [9.17, 15) is 13.6 Å². The second-order valence-corrected chi connectivity index (χ2v) is 4.60. The number of anilines is 1. The van der Waals surface area contributed by atoms with Crippen LogP contribution in [0.2, 0.25) is 0 Å². The van der Waals surface area contributed by atoms with E-state index in [0.29, 0.717) is 32.5 Å². The topological polar surface area (TPSA) is 53.9 Å². The Morgan fingerprint density at radius 1 is 1.38 bits per heavy atom. The van der Waals surface area contributed by atoms with Crippen LogP contribution in [0.3, 0.4) is 0 Å². The third kappa shape index (κ3) is 4.14. The Morgan fingerprint density at radius 2 is 2.10 bits per heavy atom. The number of likely N-dealkylation sites (tertiary alicyclic amines) is 1. The van der Waals surface area contributed by atoms with Crippen molar-refractivity contribution in [3.8, 4) is 0 Å². The van der Waals surface area contributed by atoms with Gasteiger partial charge in [-0.15, -0.1) is 0 Å². The molecule has 0 atom stereocenters. The zero-order chi connectivity index (χ0) is 15.2. The fraction of sp³-hybridized carbons (Fsp3) is 0.429. The maximum atomic E-state index is 13.4. The average Bonchev–Trinajstić information content (AvgIpc) is 2.47. The molecular formula is C14H17F2N3O2. The molecule has 1 saturated heterocycles. The zero-order valence-corrected chi connectivity index (χ0v) is 11.7. The van der Waals surface area contributed by atoms with E-state index >= 15 is 0 Å². The first kappa shape index (κ1) is 15.2.